The fourth-order valence-electron chi connectivity index (χ4n) is 1.17. The van der Waals surface area contributed by atoms with Gasteiger partial charge in [-0.1, -0.05) is 0 Å². The second-order valence-corrected chi connectivity index (χ2v) is 3.54. The van der Waals surface area contributed by atoms with Gasteiger partial charge in [0.1, 0.15) is 5.82 Å². The van der Waals surface area contributed by atoms with Crippen molar-refractivity contribution < 1.29 is 9.84 Å². The summed E-state index contributed by atoms with van der Waals surface area (Å²) < 4.78 is 5.41. The number of aliphatic hydroxyl groups is 1. The quantitative estimate of drug-likeness (QED) is 0.676. The normalized spacial score (nSPS) is 11.1. The van der Waals surface area contributed by atoms with Gasteiger partial charge in [0.05, 0.1) is 24.6 Å². The van der Waals surface area contributed by atoms with E-state index in [9.17, 15) is 0 Å². The molecule has 0 radical (unpaired) electrons. The number of aromatic amines is 1. The third-order valence-corrected chi connectivity index (χ3v) is 1.86. The van der Waals surface area contributed by atoms with E-state index >= 15 is 0 Å². The molecule has 0 amide bonds. The van der Waals surface area contributed by atoms with Crippen LogP contribution in [-0.2, 0) is 17.8 Å². The minimum absolute atomic E-state index is 0.0233. The number of H-pyrrole nitrogens is 1. The molecule has 0 fully saturated rings. The summed E-state index contributed by atoms with van der Waals surface area (Å²) in [5.41, 5.74) is 0.768. The Hall–Kier alpha value is -0.870. The summed E-state index contributed by atoms with van der Waals surface area (Å²) in [6.07, 6.45) is 3.78. The van der Waals surface area contributed by atoms with Crippen molar-refractivity contribution in [2.24, 2.45) is 0 Å². The Morgan fingerprint density at radius 3 is 2.93 bits per heavy atom. The number of ether oxygens (including phenoxy) is 1. The lowest BCUT2D eigenvalue weighted by atomic mass is 10.3. The Balaban J connectivity index is 2.18. The third kappa shape index (κ3) is 3.89. The molecule has 0 aliphatic carbocycles. The third-order valence-electron chi connectivity index (χ3n) is 1.86. The van der Waals surface area contributed by atoms with E-state index in [1.807, 2.05) is 13.8 Å². The predicted molar refractivity (Wildman–Crippen MR) is 53.9 cm³/mol. The highest BCUT2D eigenvalue weighted by atomic mass is 16.5. The Kier molecular flexibility index (Phi) is 4.62. The fraction of sp³-hybridized carbons (Fsp3) is 0.700. The first-order valence-corrected chi connectivity index (χ1v) is 4.97. The molecule has 0 saturated heterocycles. The highest BCUT2D eigenvalue weighted by molar-refractivity contribution is 4.99. The largest absolute Gasteiger partial charge is 0.390 e. The first-order valence-electron chi connectivity index (χ1n) is 4.97. The molecule has 1 rings (SSSR count). The molecule has 0 aromatic carbocycles. The number of aliphatic hydroxyl groups excluding tert-OH is 1. The molecule has 1 heterocycles. The lowest BCUT2D eigenvalue weighted by Gasteiger charge is -2.05. The predicted octanol–water partition coefficient (Wildman–Crippen LogP) is 1.26. The summed E-state index contributed by atoms with van der Waals surface area (Å²) in [5.74, 6) is 0.918. The van der Waals surface area contributed by atoms with Crippen LogP contribution in [0.5, 0.6) is 0 Å². The van der Waals surface area contributed by atoms with Crippen molar-refractivity contribution in [1.82, 2.24) is 9.97 Å². The number of imidazole rings is 1. The van der Waals surface area contributed by atoms with Gasteiger partial charge in [0.2, 0.25) is 0 Å². The molecule has 0 spiro atoms. The van der Waals surface area contributed by atoms with Gasteiger partial charge >= 0.3 is 0 Å². The van der Waals surface area contributed by atoms with Crippen LogP contribution in [0.1, 0.15) is 31.8 Å². The van der Waals surface area contributed by atoms with Crippen LogP contribution >= 0.6 is 0 Å². The molecule has 1 aromatic heterocycles. The van der Waals surface area contributed by atoms with Gasteiger partial charge in [0.15, 0.2) is 0 Å². The first-order chi connectivity index (χ1) is 6.72. The Bertz CT molecular complexity index is 258. The molecule has 0 atom stereocenters. The lowest BCUT2D eigenvalue weighted by Crippen LogP contribution is -2.05. The van der Waals surface area contributed by atoms with E-state index in [1.165, 1.54) is 0 Å². The van der Waals surface area contributed by atoms with Gasteiger partial charge in [-0.15, -0.1) is 0 Å². The average Bonchev–Trinajstić information content (AvgIpc) is 2.60. The SMILES string of the molecule is CC(C)OCCCc1ncc(CO)[nH]1. The van der Waals surface area contributed by atoms with Gasteiger partial charge in [-0.3, -0.25) is 0 Å². The number of nitrogens with zero attached hydrogens (tertiary/aromatic N) is 1. The van der Waals surface area contributed by atoms with Crippen LogP contribution in [0.4, 0.5) is 0 Å². The van der Waals surface area contributed by atoms with Gasteiger partial charge < -0.3 is 14.8 Å². The molecule has 0 aliphatic heterocycles. The number of aryl methyl sites for hydroxylation is 1. The smallest absolute Gasteiger partial charge is 0.106 e. The summed E-state index contributed by atoms with van der Waals surface area (Å²) in [6, 6.07) is 0. The first kappa shape index (κ1) is 11.2. The maximum Gasteiger partial charge on any atom is 0.106 e. The van der Waals surface area contributed by atoms with E-state index in [0.29, 0.717) is 6.10 Å². The zero-order chi connectivity index (χ0) is 10.4. The second-order valence-electron chi connectivity index (χ2n) is 3.54. The summed E-state index contributed by atoms with van der Waals surface area (Å²) in [5, 5.41) is 8.80. The van der Waals surface area contributed by atoms with Crippen molar-refractivity contribution in [3.63, 3.8) is 0 Å². The van der Waals surface area contributed by atoms with E-state index in [-0.39, 0.29) is 6.61 Å². The van der Waals surface area contributed by atoms with Crippen LogP contribution in [0, 0.1) is 0 Å². The fourth-order valence-corrected chi connectivity index (χ4v) is 1.17. The van der Waals surface area contributed by atoms with E-state index in [4.69, 9.17) is 9.84 Å². The number of hydrogen-bond acceptors (Lipinski definition) is 3. The highest BCUT2D eigenvalue weighted by Gasteiger charge is 1.99. The molecule has 0 bridgehead atoms. The number of nitrogens with one attached hydrogen (secondary N) is 1. The van der Waals surface area contributed by atoms with Crippen molar-refractivity contribution in [1.29, 1.82) is 0 Å². The molecular formula is C10H18N2O2. The van der Waals surface area contributed by atoms with E-state index < -0.39 is 0 Å². The minimum atomic E-state index is 0.0233. The van der Waals surface area contributed by atoms with Crippen LogP contribution in [0.2, 0.25) is 0 Å². The molecule has 80 valence electrons. The molecule has 4 nitrogen and oxygen atoms in total. The highest BCUT2D eigenvalue weighted by Crippen LogP contribution is 2.01. The maximum atomic E-state index is 8.80. The van der Waals surface area contributed by atoms with Crippen LogP contribution < -0.4 is 0 Å². The molecule has 1 aromatic rings. The van der Waals surface area contributed by atoms with Crippen molar-refractivity contribution >= 4 is 0 Å². The molecule has 0 unspecified atom stereocenters. The van der Waals surface area contributed by atoms with Crippen molar-refractivity contribution in [3.8, 4) is 0 Å². The molecule has 4 heteroatoms. The Morgan fingerprint density at radius 1 is 1.57 bits per heavy atom. The summed E-state index contributed by atoms with van der Waals surface area (Å²) in [4.78, 5) is 7.17. The Labute approximate surface area is 84.3 Å². The molecule has 0 saturated carbocycles. The van der Waals surface area contributed by atoms with Crippen molar-refractivity contribution in [3.05, 3.63) is 17.7 Å². The molecule has 2 N–H and O–H groups in total. The average molecular weight is 198 g/mol. The summed E-state index contributed by atoms with van der Waals surface area (Å²) in [7, 11) is 0. The van der Waals surface area contributed by atoms with Crippen LogP contribution in [-0.4, -0.2) is 27.8 Å². The van der Waals surface area contributed by atoms with E-state index in [0.717, 1.165) is 31.0 Å². The summed E-state index contributed by atoms with van der Waals surface area (Å²) >= 11 is 0. The van der Waals surface area contributed by atoms with Crippen molar-refractivity contribution in [2.45, 2.75) is 39.4 Å². The maximum absolute atomic E-state index is 8.80. The number of rotatable bonds is 6. The van der Waals surface area contributed by atoms with Crippen LogP contribution in [0.15, 0.2) is 6.20 Å². The molecule has 14 heavy (non-hydrogen) atoms. The van der Waals surface area contributed by atoms with Gasteiger partial charge in [-0.2, -0.15) is 0 Å². The number of aromatic nitrogens is 2. The molecule has 0 aliphatic rings. The van der Waals surface area contributed by atoms with Crippen LogP contribution in [0.25, 0.3) is 0 Å². The monoisotopic (exact) mass is 198 g/mol. The van der Waals surface area contributed by atoms with E-state index in [2.05, 4.69) is 9.97 Å². The minimum Gasteiger partial charge on any atom is -0.390 e. The zero-order valence-electron chi connectivity index (χ0n) is 8.79. The topological polar surface area (TPSA) is 58.1 Å². The second kappa shape index (κ2) is 5.78. The Morgan fingerprint density at radius 2 is 2.36 bits per heavy atom. The molecular weight excluding hydrogens is 180 g/mol. The lowest BCUT2D eigenvalue weighted by molar-refractivity contribution is 0.0769. The number of hydrogen-bond donors (Lipinski definition) is 2. The van der Waals surface area contributed by atoms with Crippen molar-refractivity contribution in [2.75, 3.05) is 6.61 Å². The van der Waals surface area contributed by atoms with E-state index in [1.54, 1.807) is 6.20 Å². The van der Waals surface area contributed by atoms with Gasteiger partial charge in [0, 0.05) is 13.0 Å². The summed E-state index contributed by atoms with van der Waals surface area (Å²) in [6.45, 7) is 4.83. The van der Waals surface area contributed by atoms with Crippen LogP contribution in [0.3, 0.4) is 0 Å². The van der Waals surface area contributed by atoms with Gasteiger partial charge in [-0.25, -0.2) is 4.98 Å². The van der Waals surface area contributed by atoms with Gasteiger partial charge in [-0.05, 0) is 20.3 Å². The zero-order valence-corrected chi connectivity index (χ0v) is 8.79. The standard InChI is InChI=1S/C10H18N2O2/c1-8(2)14-5-3-4-10-11-6-9(7-13)12-10/h6,8,13H,3-5,7H2,1-2H3,(H,11,12). The van der Waals surface area contributed by atoms with Gasteiger partial charge in [0.25, 0.3) is 0 Å².